The molecule has 0 saturated heterocycles. The number of allylic oxidation sites excluding steroid dienone is 1. The van der Waals surface area contributed by atoms with Gasteiger partial charge in [-0.15, -0.1) is 56.9 Å². The monoisotopic (exact) mass is 571 g/mol. The Kier molecular flexibility index (Phi) is 8.98. The topological polar surface area (TPSA) is 0 Å². The second-order valence-electron chi connectivity index (χ2n) is 8.37. The fourth-order valence-corrected chi connectivity index (χ4v) is 6.22. The fourth-order valence-electron chi connectivity index (χ4n) is 5.02. The van der Waals surface area contributed by atoms with Gasteiger partial charge in [0, 0.05) is 0 Å². The van der Waals surface area contributed by atoms with E-state index in [1.54, 1.807) is 0 Å². The van der Waals surface area contributed by atoms with Crippen LogP contribution in [0.15, 0.2) is 90.5 Å². The molecule has 0 aromatic heterocycles. The van der Waals surface area contributed by atoms with E-state index in [4.69, 9.17) is 0 Å². The van der Waals surface area contributed by atoms with Crippen molar-refractivity contribution in [1.29, 1.82) is 0 Å². The van der Waals surface area contributed by atoms with E-state index in [2.05, 4.69) is 97.9 Å². The van der Waals surface area contributed by atoms with Crippen molar-refractivity contribution in [2.45, 2.75) is 25.8 Å². The molecular weight excluding hydrogens is 551 g/mol. The molecule has 0 amide bonds. The summed E-state index contributed by atoms with van der Waals surface area (Å²) in [4.78, 5) is 0. The van der Waals surface area contributed by atoms with Gasteiger partial charge in [0.15, 0.2) is 0 Å². The Morgan fingerprint density at radius 1 is 0.765 bits per heavy atom. The van der Waals surface area contributed by atoms with Gasteiger partial charge in [-0.3, -0.25) is 0 Å². The number of fused-ring (bicyclic) bond motifs is 6. The molecule has 5 aromatic carbocycles. The van der Waals surface area contributed by atoms with Crippen molar-refractivity contribution in [3.8, 4) is 0 Å². The van der Waals surface area contributed by atoms with Crippen LogP contribution < -0.4 is 24.8 Å². The molecule has 0 unspecified atom stereocenters. The van der Waals surface area contributed by atoms with E-state index in [0.29, 0.717) is 0 Å². The second-order valence-corrected chi connectivity index (χ2v) is 9.93. The number of aryl methyl sites for hydroxylation is 1. The van der Waals surface area contributed by atoms with Crippen LogP contribution in [0.5, 0.6) is 0 Å². The first-order chi connectivity index (χ1) is 15.3. The largest absolute Gasteiger partial charge is 4.00 e. The molecule has 6 rings (SSSR count). The van der Waals surface area contributed by atoms with E-state index in [-0.39, 0.29) is 51.0 Å². The normalized spacial score (nSPS) is 13.3. The summed E-state index contributed by atoms with van der Waals surface area (Å²) in [5.41, 5.74) is 5.57. The summed E-state index contributed by atoms with van der Waals surface area (Å²) >= 11 is 0. The Morgan fingerprint density at radius 3 is 2.21 bits per heavy atom. The average molecular weight is 574 g/mol. The van der Waals surface area contributed by atoms with Crippen LogP contribution in [0.3, 0.4) is 0 Å². The third kappa shape index (κ3) is 4.71. The average Bonchev–Trinajstić information content (AvgIpc) is 3.39. The number of hydrogen-bond donors (Lipinski definition) is 0. The van der Waals surface area contributed by atoms with Crippen molar-refractivity contribution in [2.75, 3.05) is 0 Å². The number of halogens is 2. The molecular formula is C30H23Cl2SiZr. The summed E-state index contributed by atoms with van der Waals surface area (Å²) in [7, 11) is 0.841. The Bertz CT molecular complexity index is 1530. The first-order valence-electron chi connectivity index (χ1n) is 11.1. The molecule has 0 spiro atoms. The maximum Gasteiger partial charge on any atom is 4.00 e. The van der Waals surface area contributed by atoms with Gasteiger partial charge in [-0.1, -0.05) is 84.4 Å². The van der Waals surface area contributed by atoms with Crippen LogP contribution in [0.25, 0.3) is 32.3 Å². The van der Waals surface area contributed by atoms with Gasteiger partial charge in [0.05, 0.1) is 0 Å². The van der Waals surface area contributed by atoms with E-state index >= 15 is 0 Å². The summed E-state index contributed by atoms with van der Waals surface area (Å²) in [6, 6.07) is 32.5. The Morgan fingerprint density at radius 2 is 1.44 bits per heavy atom. The fraction of sp³-hybridized carbons (Fsp3) is 0.133. The SMILES string of the molecule is CC[Si]=C1C(CCc2cc3c(ccc4ccccc43)[cH-]2)=[C-]c2ccc3ccccc3c21.[Cl-].[Cl-].[Zr+4]. The van der Waals surface area contributed by atoms with Gasteiger partial charge in [0.2, 0.25) is 0 Å². The second kappa shape index (κ2) is 11.4. The van der Waals surface area contributed by atoms with Crippen molar-refractivity contribution in [2.24, 2.45) is 0 Å². The summed E-state index contributed by atoms with van der Waals surface area (Å²) in [5.74, 6) is 0. The molecule has 1 aliphatic carbocycles. The third-order valence-electron chi connectivity index (χ3n) is 6.46. The van der Waals surface area contributed by atoms with Gasteiger partial charge in [0.25, 0.3) is 0 Å². The molecule has 0 bridgehead atoms. The van der Waals surface area contributed by atoms with Crippen LogP contribution in [0.1, 0.15) is 30.0 Å². The van der Waals surface area contributed by atoms with Crippen molar-refractivity contribution >= 4 is 46.6 Å². The molecule has 0 aliphatic heterocycles. The molecule has 1 radical (unpaired) electrons. The number of rotatable bonds is 4. The van der Waals surface area contributed by atoms with Crippen LogP contribution in [-0.4, -0.2) is 14.3 Å². The van der Waals surface area contributed by atoms with Crippen LogP contribution in [0.4, 0.5) is 0 Å². The van der Waals surface area contributed by atoms with Gasteiger partial charge in [-0.2, -0.15) is 11.6 Å². The van der Waals surface area contributed by atoms with E-state index < -0.39 is 0 Å². The maximum absolute atomic E-state index is 3.78. The molecule has 4 heteroatoms. The quantitative estimate of drug-likeness (QED) is 0.225. The zero-order valence-electron chi connectivity index (χ0n) is 19.0. The van der Waals surface area contributed by atoms with Gasteiger partial charge in [0.1, 0.15) is 0 Å². The molecule has 34 heavy (non-hydrogen) atoms. The van der Waals surface area contributed by atoms with Crippen LogP contribution in [0, 0.1) is 6.08 Å². The Labute approximate surface area is 235 Å². The van der Waals surface area contributed by atoms with Crippen LogP contribution >= 0.6 is 0 Å². The smallest absolute Gasteiger partial charge is 1.00 e. The van der Waals surface area contributed by atoms with Gasteiger partial charge < -0.3 is 24.8 Å². The van der Waals surface area contributed by atoms with Gasteiger partial charge >= 0.3 is 26.2 Å². The molecule has 0 nitrogen and oxygen atoms in total. The molecule has 0 fully saturated rings. The predicted molar refractivity (Wildman–Crippen MR) is 136 cm³/mol. The molecule has 1 aliphatic rings. The molecule has 0 heterocycles. The summed E-state index contributed by atoms with van der Waals surface area (Å²) in [6.45, 7) is 2.29. The maximum atomic E-state index is 3.78. The minimum Gasteiger partial charge on any atom is -1.00 e. The van der Waals surface area contributed by atoms with Crippen LogP contribution in [0.2, 0.25) is 6.04 Å². The number of benzene rings is 4. The van der Waals surface area contributed by atoms with Gasteiger partial charge in [-0.05, 0) is 32.7 Å². The zero-order chi connectivity index (χ0) is 20.8. The number of hydrogen-bond acceptors (Lipinski definition) is 0. The van der Waals surface area contributed by atoms with E-state index in [1.165, 1.54) is 65.8 Å². The van der Waals surface area contributed by atoms with Crippen molar-refractivity contribution < 1.29 is 51.0 Å². The Balaban J connectivity index is 0.00000108. The predicted octanol–water partition coefficient (Wildman–Crippen LogP) is 1.26. The van der Waals surface area contributed by atoms with Crippen molar-refractivity contribution in [3.63, 3.8) is 0 Å². The third-order valence-corrected chi connectivity index (χ3v) is 7.72. The van der Waals surface area contributed by atoms with Crippen LogP contribution in [-0.2, 0) is 32.6 Å². The van der Waals surface area contributed by atoms with Crippen molar-refractivity contribution in [3.05, 3.63) is 113 Å². The summed E-state index contributed by atoms with van der Waals surface area (Å²) in [5, 5.41) is 9.66. The van der Waals surface area contributed by atoms with E-state index in [0.717, 1.165) is 22.0 Å². The van der Waals surface area contributed by atoms with Crippen molar-refractivity contribution in [1.82, 2.24) is 0 Å². The summed E-state index contributed by atoms with van der Waals surface area (Å²) in [6.07, 6.45) is 5.90. The first kappa shape index (κ1) is 26.9. The molecule has 0 N–H and O–H groups in total. The molecule has 165 valence electrons. The molecule has 0 saturated carbocycles. The van der Waals surface area contributed by atoms with E-state index in [1.807, 2.05) is 0 Å². The minimum atomic E-state index is 0. The molecule has 0 atom stereocenters. The van der Waals surface area contributed by atoms with E-state index in [9.17, 15) is 0 Å². The molecule has 5 aromatic rings. The first-order valence-corrected chi connectivity index (χ1v) is 12.4. The standard InChI is InChI=1S/C30H23Si.2ClH.Zr/c1-2-31-30-25(19-24-16-14-22-8-4-6-10-27(22)29(24)30)12-11-20-17-23-15-13-21-7-3-5-9-26(21)28(23)18-20;;;/h3-10,13-18H,2,11-12H2,1H3;2*1H;/q-2;;;+4/p-2. The zero-order valence-corrected chi connectivity index (χ0v) is 23.9. The Hall–Kier alpha value is -1.70. The van der Waals surface area contributed by atoms with Gasteiger partial charge in [-0.25, -0.2) is 0 Å². The summed E-state index contributed by atoms with van der Waals surface area (Å²) < 4.78 is 0. The minimum absolute atomic E-state index is 0.